The Bertz CT molecular complexity index is 828. The lowest BCUT2D eigenvalue weighted by atomic mass is 10.1. The molecule has 0 saturated heterocycles. The van der Waals surface area contributed by atoms with E-state index in [1.807, 2.05) is 0 Å². The second kappa shape index (κ2) is 7.17. The average molecular weight is 338 g/mol. The molecule has 6 nitrogen and oxygen atoms in total. The molecule has 3 rings (SSSR count). The topological polar surface area (TPSA) is 84.5 Å². The Kier molecular flexibility index (Phi) is 4.79. The number of anilines is 1. The van der Waals surface area contributed by atoms with E-state index in [-0.39, 0.29) is 17.0 Å². The van der Waals surface area contributed by atoms with Gasteiger partial charge in [-0.2, -0.15) is 0 Å². The first-order chi connectivity index (χ1) is 12.1. The molecule has 0 spiro atoms. The van der Waals surface area contributed by atoms with Crippen LogP contribution in [-0.4, -0.2) is 24.3 Å². The molecular weight excluding hydrogens is 320 g/mol. The number of carbonyl (C=O) groups is 3. The van der Waals surface area contributed by atoms with E-state index in [0.717, 1.165) is 12.8 Å². The van der Waals surface area contributed by atoms with Crippen molar-refractivity contribution >= 4 is 23.4 Å². The molecule has 1 aliphatic heterocycles. The van der Waals surface area contributed by atoms with Gasteiger partial charge in [-0.15, -0.1) is 0 Å². The van der Waals surface area contributed by atoms with Crippen molar-refractivity contribution in [3.8, 4) is 5.75 Å². The van der Waals surface area contributed by atoms with Gasteiger partial charge in [0.15, 0.2) is 0 Å². The molecule has 0 aromatic heterocycles. The first-order valence-electron chi connectivity index (χ1n) is 8.13. The van der Waals surface area contributed by atoms with Crippen LogP contribution in [0.15, 0.2) is 42.5 Å². The third-order valence-corrected chi connectivity index (χ3v) is 3.89. The Balaban J connectivity index is 1.73. The summed E-state index contributed by atoms with van der Waals surface area (Å²) in [5, 5.41) is 4.91. The summed E-state index contributed by atoms with van der Waals surface area (Å²) in [5.74, 6) is -0.614. The van der Waals surface area contributed by atoms with E-state index in [1.165, 1.54) is 0 Å². The zero-order valence-electron chi connectivity index (χ0n) is 13.8. The summed E-state index contributed by atoms with van der Waals surface area (Å²) < 4.78 is 5.56. The van der Waals surface area contributed by atoms with Crippen LogP contribution in [0, 0.1) is 0 Å². The van der Waals surface area contributed by atoms with Gasteiger partial charge in [0.1, 0.15) is 5.75 Å². The monoisotopic (exact) mass is 338 g/mol. The number of fused-ring (bicyclic) bond motifs is 1. The minimum Gasteiger partial charge on any atom is -0.494 e. The van der Waals surface area contributed by atoms with E-state index in [0.29, 0.717) is 23.6 Å². The van der Waals surface area contributed by atoms with Crippen LogP contribution < -0.4 is 15.4 Å². The Morgan fingerprint density at radius 1 is 1.08 bits per heavy atom. The van der Waals surface area contributed by atoms with Gasteiger partial charge in [0, 0.05) is 5.56 Å². The molecule has 25 heavy (non-hydrogen) atoms. The molecule has 2 aromatic rings. The second-order valence-corrected chi connectivity index (χ2v) is 5.69. The predicted octanol–water partition coefficient (Wildman–Crippen LogP) is 3.00. The Hall–Kier alpha value is -3.15. The van der Waals surface area contributed by atoms with E-state index in [9.17, 15) is 14.4 Å². The van der Waals surface area contributed by atoms with Gasteiger partial charge in [-0.25, -0.2) is 0 Å². The zero-order chi connectivity index (χ0) is 17.8. The summed E-state index contributed by atoms with van der Waals surface area (Å²) in [6.07, 6.45) is 2.03. The fourth-order valence-corrected chi connectivity index (χ4v) is 2.55. The summed E-state index contributed by atoms with van der Waals surface area (Å²) >= 11 is 0. The van der Waals surface area contributed by atoms with Crippen molar-refractivity contribution in [2.24, 2.45) is 0 Å². The molecule has 0 atom stereocenters. The maximum Gasteiger partial charge on any atom is 0.261 e. The first-order valence-corrected chi connectivity index (χ1v) is 8.13. The quantitative estimate of drug-likeness (QED) is 0.626. The van der Waals surface area contributed by atoms with E-state index in [2.05, 4.69) is 17.6 Å². The van der Waals surface area contributed by atoms with Crippen molar-refractivity contribution in [3.63, 3.8) is 0 Å². The minimum absolute atomic E-state index is 0.195. The molecule has 0 radical (unpaired) electrons. The molecule has 2 aromatic carbocycles. The van der Waals surface area contributed by atoms with Crippen molar-refractivity contribution in [1.29, 1.82) is 0 Å². The Labute approximate surface area is 145 Å². The minimum atomic E-state index is -0.504. The maximum atomic E-state index is 12.4. The number of nitrogens with one attached hydrogen (secondary N) is 2. The number of hydrogen-bond donors (Lipinski definition) is 2. The van der Waals surface area contributed by atoms with Gasteiger partial charge < -0.3 is 10.1 Å². The fraction of sp³-hybridized carbons (Fsp3) is 0.211. The Morgan fingerprint density at radius 2 is 1.84 bits per heavy atom. The molecule has 0 fully saturated rings. The molecule has 3 amide bonds. The van der Waals surface area contributed by atoms with Gasteiger partial charge in [0.25, 0.3) is 17.7 Å². The van der Waals surface area contributed by atoms with Crippen molar-refractivity contribution in [2.75, 3.05) is 11.9 Å². The lowest BCUT2D eigenvalue weighted by Crippen LogP contribution is -2.20. The van der Waals surface area contributed by atoms with Crippen LogP contribution in [0.1, 0.15) is 50.8 Å². The fourth-order valence-electron chi connectivity index (χ4n) is 2.55. The highest BCUT2D eigenvalue weighted by Gasteiger charge is 2.29. The van der Waals surface area contributed by atoms with Crippen LogP contribution in [-0.2, 0) is 0 Å². The molecule has 0 bridgehead atoms. The van der Waals surface area contributed by atoms with Crippen LogP contribution in [0.4, 0.5) is 5.69 Å². The van der Waals surface area contributed by atoms with Gasteiger partial charge in [-0.1, -0.05) is 19.4 Å². The highest BCUT2D eigenvalue weighted by Crippen LogP contribution is 2.25. The molecule has 1 heterocycles. The smallest absolute Gasteiger partial charge is 0.261 e. The standard InChI is InChI=1S/C19H18N2O4/c1-2-3-11-25-13-9-7-12(8-10-13)17(22)20-15-6-4-5-14-16(15)19(24)21-18(14)23/h4-10H,2-3,11H2,1H3,(H,20,22)(H,21,23,24). The average Bonchev–Trinajstić information content (AvgIpc) is 2.91. The van der Waals surface area contributed by atoms with Crippen LogP contribution in [0.25, 0.3) is 0 Å². The van der Waals surface area contributed by atoms with Gasteiger partial charge in [-0.05, 0) is 42.8 Å². The number of imide groups is 1. The molecule has 2 N–H and O–H groups in total. The van der Waals surface area contributed by atoms with Crippen molar-refractivity contribution < 1.29 is 19.1 Å². The third kappa shape index (κ3) is 3.52. The van der Waals surface area contributed by atoms with Crippen LogP contribution >= 0.6 is 0 Å². The largest absolute Gasteiger partial charge is 0.494 e. The number of unbranched alkanes of at least 4 members (excludes halogenated alkanes) is 1. The lowest BCUT2D eigenvalue weighted by Gasteiger charge is -2.09. The van der Waals surface area contributed by atoms with E-state index >= 15 is 0 Å². The van der Waals surface area contributed by atoms with Crippen LogP contribution in [0.3, 0.4) is 0 Å². The number of carbonyl (C=O) groups excluding carboxylic acids is 3. The van der Waals surface area contributed by atoms with Gasteiger partial charge >= 0.3 is 0 Å². The molecule has 0 unspecified atom stereocenters. The molecule has 1 aliphatic rings. The van der Waals surface area contributed by atoms with E-state index < -0.39 is 11.8 Å². The molecule has 6 heteroatoms. The van der Waals surface area contributed by atoms with Gasteiger partial charge in [-0.3, -0.25) is 19.7 Å². The molecule has 0 saturated carbocycles. The molecule has 128 valence electrons. The summed E-state index contributed by atoms with van der Waals surface area (Å²) in [4.78, 5) is 36.0. The first kappa shape index (κ1) is 16.7. The normalized spacial score (nSPS) is 12.5. The van der Waals surface area contributed by atoms with Crippen LogP contribution in [0.5, 0.6) is 5.75 Å². The number of hydrogen-bond acceptors (Lipinski definition) is 4. The van der Waals surface area contributed by atoms with Crippen molar-refractivity contribution in [1.82, 2.24) is 5.32 Å². The third-order valence-electron chi connectivity index (χ3n) is 3.89. The predicted molar refractivity (Wildman–Crippen MR) is 93.0 cm³/mol. The van der Waals surface area contributed by atoms with Gasteiger partial charge in [0.05, 0.1) is 23.4 Å². The van der Waals surface area contributed by atoms with Gasteiger partial charge in [0.2, 0.25) is 0 Å². The number of amides is 3. The highest BCUT2D eigenvalue weighted by molar-refractivity contribution is 6.25. The van der Waals surface area contributed by atoms with Crippen molar-refractivity contribution in [2.45, 2.75) is 19.8 Å². The van der Waals surface area contributed by atoms with E-state index in [1.54, 1.807) is 42.5 Å². The van der Waals surface area contributed by atoms with E-state index in [4.69, 9.17) is 4.74 Å². The zero-order valence-corrected chi connectivity index (χ0v) is 13.8. The summed E-state index contributed by atoms with van der Waals surface area (Å²) in [6, 6.07) is 11.5. The summed E-state index contributed by atoms with van der Waals surface area (Å²) in [5.41, 5.74) is 1.21. The maximum absolute atomic E-state index is 12.4. The molecule has 0 aliphatic carbocycles. The number of benzene rings is 2. The number of rotatable bonds is 6. The Morgan fingerprint density at radius 3 is 2.56 bits per heavy atom. The second-order valence-electron chi connectivity index (χ2n) is 5.69. The highest BCUT2D eigenvalue weighted by atomic mass is 16.5. The summed E-state index contributed by atoms with van der Waals surface area (Å²) in [7, 11) is 0. The molecular formula is C19H18N2O4. The van der Waals surface area contributed by atoms with Crippen molar-refractivity contribution in [3.05, 3.63) is 59.2 Å². The number of ether oxygens (including phenoxy) is 1. The SMILES string of the molecule is CCCCOc1ccc(C(=O)Nc2cccc3c2C(=O)NC3=O)cc1. The van der Waals surface area contributed by atoms with Crippen LogP contribution in [0.2, 0.25) is 0 Å². The lowest BCUT2D eigenvalue weighted by molar-refractivity contribution is 0.0879. The summed E-state index contributed by atoms with van der Waals surface area (Å²) in [6.45, 7) is 2.73.